The van der Waals surface area contributed by atoms with Gasteiger partial charge >= 0.3 is 0 Å². The summed E-state index contributed by atoms with van der Waals surface area (Å²) in [6.45, 7) is 3.39. The Hall–Kier alpha value is 0.0649. The van der Waals surface area contributed by atoms with E-state index in [2.05, 4.69) is 6.82 Å². The predicted octanol–water partition coefficient (Wildman–Crippen LogP) is 1.90. The molecule has 0 nitrogen and oxygen atoms in total. The molecule has 0 aromatic carbocycles. The normalized spacial score (nSPS) is 22.5. The van der Waals surface area contributed by atoms with Crippen molar-refractivity contribution in [1.82, 2.24) is 0 Å². The van der Waals surface area contributed by atoms with Gasteiger partial charge < -0.3 is 0 Å². The molecule has 1 aliphatic rings. The highest BCUT2D eigenvalue weighted by atomic mass is 13.9. The molecule has 0 atom stereocenters. The summed E-state index contributed by atoms with van der Waals surface area (Å²) in [5, 5.41) is 0. The first-order chi connectivity index (χ1) is 2.89. The average molecular weight is 82.0 g/mol. The fourth-order valence-electron chi connectivity index (χ4n) is 1.13. The van der Waals surface area contributed by atoms with Crippen molar-refractivity contribution in [3.63, 3.8) is 0 Å². The van der Waals surface area contributed by atoms with E-state index in [-0.39, 0.29) is 0 Å². The monoisotopic (exact) mass is 82.1 g/mol. The molecular weight excluding hydrogens is 70.9 g/mol. The van der Waals surface area contributed by atoms with Crippen LogP contribution in [0.25, 0.3) is 0 Å². The Balaban J connectivity index is 2.18. The van der Waals surface area contributed by atoms with Gasteiger partial charge in [-0.3, -0.25) is 0 Å². The van der Waals surface area contributed by atoms with E-state index in [1.807, 2.05) is 0 Å². The van der Waals surface area contributed by atoms with Gasteiger partial charge in [0, 0.05) is 0 Å². The molecule has 0 aromatic rings. The van der Waals surface area contributed by atoms with E-state index in [0.29, 0.717) is 0 Å². The van der Waals surface area contributed by atoms with Crippen molar-refractivity contribution in [2.45, 2.75) is 32.3 Å². The summed E-state index contributed by atoms with van der Waals surface area (Å²) >= 11 is 0. The van der Waals surface area contributed by atoms with Gasteiger partial charge in [-0.25, -0.2) is 0 Å². The van der Waals surface area contributed by atoms with Gasteiger partial charge in [-0.05, 0) is 0 Å². The molecule has 0 unspecified atom stereocenters. The second kappa shape index (κ2) is 1.68. The van der Waals surface area contributed by atoms with Crippen molar-refractivity contribution in [1.29, 1.82) is 0 Å². The van der Waals surface area contributed by atoms with Crippen LogP contribution >= 0.6 is 0 Å². The molecule has 34 valence electrons. The standard InChI is InChI=1S/C5H11B/c1-6-4-2-3-5-6/h2-5H2,1H3. The first-order valence-electron chi connectivity index (χ1n) is 2.89. The number of hydrogen-bond donors (Lipinski definition) is 0. The van der Waals surface area contributed by atoms with Crippen LogP contribution in [0.4, 0.5) is 0 Å². The van der Waals surface area contributed by atoms with Crippen LogP contribution in [0.3, 0.4) is 0 Å². The van der Waals surface area contributed by atoms with E-state index < -0.39 is 0 Å². The zero-order valence-corrected chi connectivity index (χ0v) is 4.41. The first kappa shape index (κ1) is 4.23. The Bertz CT molecular complexity index is 37.2. The Kier molecular flexibility index (Phi) is 1.18. The molecule has 1 heterocycles. The molecule has 1 aliphatic heterocycles. The van der Waals surface area contributed by atoms with Crippen LogP contribution in [0.2, 0.25) is 19.5 Å². The van der Waals surface area contributed by atoms with E-state index in [1.165, 1.54) is 25.5 Å². The molecule has 1 saturated heterocycles. The van der Waals surface area contributed by atoms with Gasteiger partial charge in [0.2, 0.25) is 0 Å². The van der Waals surface area contributed by atoms with Crippen LogP contribution in [0.1, 0.15) is 12.8 Å². The van der Waals surface area contributed by atoms with Crippen LogP contribution in [0.15, 0.2) is 0 Å². The van der Waals surface area contributed by atoms with E-state index in [1.54, 1.807) is 0 Å². The summed E-state index contributed by atoms with van der Waals surface area (Å²) in [4.78, 5) is 0. The summed E-state index contributed by atoms with van der Waals surface area (Å²) in [6.07, 6.45) is 5.95. The minimum Gasteiger partial charge on any atom is -0.0861 e. The van der Waals surface area contributed by atoms with E-state index in [4.69, 9.17) is 0 Å². The topological polar surface area (TPSA) is 0 Å². The first-order valence-corrected chi connectivity index (χ1v) is 2.89. The Morgan fingerprint density at radius 1 is 1.17 bits per heavy atom. The minimum atomic E-state index is 1.05. The van der Waals surface area contributed by atoms with Crippen LogP contribution in [0.5, 0.6) is 0 Å². The maximum absolute atomic E-state index is 2.34. The molecule has 6 heavy (non-hydrogen) atoms. The predicted molar refractivity (Wildman–Crippen MR) is 30.5 cm³/mol. The molecule has 0 aliphatic carbocycles. The Morgan fingerprint density at radius 2 is 1.67 bits per heavy atom. The highest BCUT2D eigenvalue weighted by Crippen LogP contribution is 2.17. The molecule has 0 aromatic heterocycles. The van der Waals surface area contributed by atoms with Crippen molar-refractivity contribution in [3.8, 4) is 0 Å². The highest BCUT2D eigenvalue weighted by molar-refractivity contribution is 6.57. The summed E-state index contributed by atoms with van der Waals surface area (Å²) in [6, 6.07) is 0. The molecule has 0 N–H and O–H groups in total. The number of rotatable bonds is 0. The molecule has 0 spiro atoms. The highest BCUT2D eigenvalue weighted by Gasteiger charge is 2.11. The zero-order chi connectivity index (χ0) is 4.41. The quantitative estimate of drug-likeness (QED) is 0.391. The second-order valence-corrected chi connectivity index (χ2v) is 2.39. The van der Waals surface area contributed by atoms with Crippen molar-refractivity contribution in [3.05, 3.63) is 0 Å². The molecular formula is C5H11B. The average Bonchev–Trinajstić information content (AvgIpc) is 1.86. The lowest BCUT2D eigenvalue weighted by atomic mass is 9.51. The van der Waals surface area contributed by atoms with Gasteiger partial charge in [0.25, 0.3) is 0 Å². The third-order valence-electron chi connectivity index (χ3n) is 1.64. The SMILES string of the molecule is CB1CCCC1. The molecule has 0 bridgehead atoms. The fraction of sp³-hybridized carbons (Fsp3) is 1.00. The third kappa shape index (κ3) is 0.765. The zero-order valence-electron chi connectivity index (χ0n) is 4.41. The van der Waals surface area contributed by atoms with E-state index in [9.17, 15) is 0 Å². The van der Waals surface area contributed by atoms with Crippen LogP contribution in [-0.4, -0.2) is 6.71 Å². The smallest absolute Gasteiger partial charge is 0.0861 e. The van der Waals surface area contributed by atoms with Gasteiger partial charge in [-0.2, -0.15) is 0 Å². The van der Waals surface area contributed by atoms with Crippen molar-refractivity contribution in [2.75, 3.05) is 0 Å². The molecule has 1 fully saturated rings. The van der Waals surface area contributed by atoms with Crippen molar-refractivity contribution >= 4 is 6.71 Å². The third-order valence-corrected chi connectivity index (χ3v) is 1.64. The lowest BCUT2D eigenvalue weighted by Crippen LogP contribution is -1.94. The largest absolute Gasteiger partial charge is 0.136 e. The maximum Gasteiger partial charge on any atom is 0.136 e. The Morgan fingerprint density at radius 3 is 1.83 bits per heavy atom. The fourth-order valence-corrected chi connectivity index (χ4v) is 1.13. The summed E-state index contributed by atoms with van der Waals surface area (Å²) < 4.78 is 0. The molecule has 0 amide bonds. The van der Waals surface area contributed by atoms with Gasteiger partial charge in [-0.15, -0.1) is 0 Å². The van der Waals surface area contributed by atoms with Crippen LogP contribution in [-0.2, 0) is 0 Å². The summed E-state index contributed by atoms with van der Waals surface area (Å²) in [5.41, 5.74) is 0. The molecule has 1 rings (SSSR count). The molecule has 0 saturated carbocycles. The van der Waals surface area contributed by atoms with Crippen molar-refractivity contribution in [2.24, 2.45) is 0 Å². The summed E-state index contributed by atoms with van der Waals surface area (Å²) in [7, 11) is 0. The molecule has 0 radical (unpaired) electrons. The van der Waals surface area contributed by atoms with Gasteiger partial charge in [-0.1, -0.05) is 32.3 Å². The second-order valence-electron chi connectivity index (χ2n) is 2.39. The maximum atomic E-state index is 2.34. The number of hydrogen-bond acceptors (Lipinski definition) is 0. The lowest BCUT2D eigenvalue weighted by molar-refractivity contribution is 0.935. The van der Waals surface area contributed by atoms with E-state index in [0.717, 1.165) is 6.71 Å². The Labute approximate surface area is 40.0 Å². The van der Waals surface area contributed by atoms with Crippen LogP contribution < -0.4 is 0 Å². The molecule has 1 heteroatoms. The van der Waals surface area contributed by atoms with E-state index >= 15 is 0 Å². The van der Waals surface area contributed by atoms with Gasteiger partial charge in [0.15, 0.2) is 0 Å². The van der Waals surface area contributed by atoms with Crippen molar-refractivity contribution < 1.29 is 0 Å². The summed E-state index contributed by atoms with van der Waals surface area (Å²) in [5.74, 6) is 0. The van der Waals surface area contributed by atoms with Gasteiger partial charge in [0.05, 0.1) is 0 Å². The lowest BCUT2D eigenvalue weighted by Gasteiger charge is -1.85. The van der Waals surface area contributed by atoms with Gasteiger partial charge in [0.1, 0.15) is 6.71 Å². The minimum absolute atomic E-state index is 1.05. The van der Waals surface area contributed by atoms with Crippen LogP contribution in [0, 0.1) is 0 Å².